The van der Waals surface area contributed by atoms with Gasteiger partial charge in [0.05, 0.1) is 18.4 Å². The van der Waals surface area contributed by atoms with Crippen molar-refractivity contribution in [1.82, 2.24) is 4.90 Å². The van der Waals surface area contributed by atoms with Crippen LogP contribution in [0, 0.1) is 6.92 Å². The Morgan fingerprint density at radius 2 is 1.86 bits per heavy atom. The molecule has 0 N–H and O–H groups in total. The number of aliphatic imine (C=N–C) groups is 2. The Labute approximate surface area is 137 Å². The summed E-state index contributed by atoms with van der Waals surface area (Å²) in [5, 5.41) is 0.729. The molecule has 0 bridgehead atoms. The largest absolute Gasteiger partial charge is 0.327 e. The van der Waals surface area contributed by atoms with Gasteiger partial charge in [0.25, 0.3) is 0 Å². The van der Waals surface area contributed by atoms with E-state index < -0.39 is 0 Å². The summed E-state index contributed by atoms with van der Waals surface area (Å²) in [6.45, 7) is 2.76. The normalized spacial score (nSPS) is 11.4. The Morgan fingerprint density at radius 1 is 1.09 bits per heavy atom. The van der Waals surface area contributed by atoms with Crippen LogP contribution >= 0.6 is 11.6 Å². The first-order valence-electron chi connectivity index (χ1n) is 7.21. The van der Waals surface area contributed by atoms with Gasteiger partial charge in [-0.3, -0.25) is 4.99 Å². The number of benzene rings is 2. The molecule has 0 amide bonds. The predicted molar refractivity (Wildman–Crippen MR) is 95.6 cm³/mol. The number of hydrogen-bond donors (Lipinski definition) is 0. The fraction of sp³-hybridized carbons (Fsp3) is 0.222. The van der Waals surface area contributed by atoms with E-state index in [9.17, 15) is 0 Å². The molecule has 0 aromatic heterocycles. The average molecular weight is 314 g/mol. The lowest BCUT2D eigenvalue weighted by atomic mass is 10.2. The van der Waals surface area contributed by atoms with E-state index in [1.165, 1.54) is 5.56 Å². The zero-order valence-electron chi connectivity index (χ0n) is 12.9. The Morgan fingerprint density at radius 3 is 2.59 bits per heavy atom. The van der Waals surface area contributed by atoms with E-state index in [-0.39, 0.29) is 0 Å². The van der Waals surface area contributed by atoms with Gasteiger partial charge in [0.2, 0.25) is 0 Å². The van der Waals surface area contributed by atoms with E-state index in [2.05, 4.69) is 22.1 Å². The van der Waals surface area contributed by atoms with Crippen molar-refractivity contribution in [2.24, 2.45) is 9.98 Å². The van der Waals surface area contributed by atoms with Gasteiger partial charge in [0, 0.05) is 18.6 Å². The van der Waals surface area contributed by atoms with E-state index >= 15 is 0 Å². The minimum Gasteiger partial charge on any atom is -0.327 e. The summed E-state index contributed by atoms with van der Waals surface area (Å²) in [5.74, 6) is 0. The second-order valence-electron chi connectivity index (χ2n) is 5.10. The molecule has 0 radical (unpaired) electrons. The minimum absolute atomic E-state index is 0.729. The molecule has 0 spiro atoms. The second-order valence-corrected chi connectivity index (χ2v) is 5.53. The molecule has 0 heterocycles. The lowest BCUT2D eigenvalue weighted by molar-refractivity contribution is 0.789. The average Bonchev–Trinajstić information content (AvgIpc) is 2.52. The molecule has 0 aliphatic rings. The molecule has 2 rings (SSSR count). The molecule has 4 heteroatoms. The molecule has 2 aromatic carbocycles. The SMILES string of the molecule is Cc1cc(Cl)ccc1N=CN(C)C=NCCc1ccccc1. The maximum Gasteiger partial charge on any atom is 0.0961 e. The lowest BCUT2D eigenvalue weighted by Crippen LogP contribution is -2.13. The summed E-state index contributed by atoms with van der Waals surface area (Å²) in [7, 11) is 1.92. The van der Waals surface area contributed by atoms with Crippen molar-refractivity contribution < 1.29 is 0 Å². The van der Waals surface area contributed by atoms with Gasteiger partial charge >= 0.3 is 0 Å². The Kier molecular flexibility index (Phi) is 6.16. The second kappa shape index (κ2) is 8.35. The van der Waals surface area contributed by atoms with Crippen molar-refractivity contribution in [1.29, 1.82) is 0 Å². The Bertz CT molecular complexity index is 651. The standard InChI is InChI=1S/C18H20ClN3/c1-15-12-17(19)8-9-18(15)21-14-22(2)13-20-11-10-16-6-4-3-5-7-16/h3-9,12-14H,10-11H2,1-2H3. The molecule has 0 fully saturated rings. The fourth-order valence-electron chi connectivity index (χ4n) is 1.97. The molecule has 114 valence electrons. The van der Waals surface area contributed by atoms with Gasteiger partial charge in [0.15, 0.2) is 0 Å². The summed E-state index contributed by atoms with van der Waals surface area (Å²) in [5.41, 5.74) is 3.26. The third-order valence-corrected chi connectivity index (χ3v) is 3.41. The summed E-state index contributed by atoms with van der Waals surface area (Å²) in [6, 6.07) is 16.0. The Balaban J connectivity index is 1.83. The number of nitrogens with zero attached hydrogens (tertiary/aromatic N) is 3. The highest BCUT2D eigenvalue weighted by Gasteiger charge is 1.96. The number of halogens is 1. The van der Waals surface area contributed by atoms with Gasteiger partial charge in [-0.15, -0.1) is 0 Å². The van der Waals surface area contributed by atoms with Crippen LogP contribution in [0.3, 0.4) is 0 Å². The van der Waals surface area contributed by atoms with Crippen molar-refractivity contribution in [3.05, 3.63) is 64.7 Å². The van der Waals surface area contributed by atoms with Gasteiger partial charge in [-0.25, -0.2) is 4.99 Å². The van der Waals surface area contributed by atoms with Gasteiger partial charge in [-0.2, -0.15) is 0 Å². The quantitative estimate of drug-likeness (QED) is 0.569. The first-order valence-corrected chi connectivity index (χ1v) is 7.59. The first-order chi connectivity index (χ1) is 10.6. The molecule has 0 saturated carbocycles. The fourth-order valence-corrected chi connectivity index (χ4v) is 2.20. The molecule has 22 heavy (non-hydrogen) atoms. The topological polar surface area (TPSA) is 28.0 Å². The highest BCUT2D eigenvalue weighted by molar-refractivity contribution is 6.30. The van der Waals surface area contributed by atoms with Crippen LogP contribution in [-0.2, 0) is 6.42 Å². The molecular formula is C18H20ClN3. The Hall–Kier alpha value is -2.13. The van der Waals surface area contributed by atoms with Gasteiger partial charge < -0.3 is 4.90 Å². The van der Waals surface area contributed by atoms with Crippen molar-refractivity contribution in [3.8, 4) is 0 Å². The molecule has 0 aliphatic heterocycles. The summed E-state index contributed by atoms with van der Waals surface area (Å²) in [4.78, 5) is 10.7. The molecule has 0 unspecified atom stereocenters. The van der Waals surface area contributed by atoms with E-state index in [0.717, 1.165) is 29.2 Å². The molecule has 3 nitrogen and oxygen atoms in total. The van der Waals surface area contributed by atoms with Crippen LogP contribution in [0.1, 0.15) is 11.1 Å². The third kappa shape index (κ3) is 5.34. The summed E-state index contributed by atoms with van der Waals surface area (Å²) < 4.78 is 0. The van der Waals surface area contributed by atoms with Gasteiger partial charge in [-0.05, 0) is 42.7 Å². The molecule has 0 saturated heterocycles. The number of rotatable bonds is 6. The predicted octanol–water partition coefficient (Wildman–Crippen LogP) is 4.51. The van der Waals surface area contributed by atoms with Gasteiger partial charge in [-0.1, -0.05) is 41.9 Å². The van der Waals surface area contributed by atoms with Crippen LogP contribution in [0.4, 0.5) is 5.69 Å². The van der Waals surface area contributed by atoms with E-state index in [1.54, 1.807) is 12.7 Å². The molecule has 0 atom stereocenters. The summed E-state index contributed by atoms with van der Waals surface area (Å²) in [6.07, 6.45) is 4.48. The van der Waals surface area contributed by atoms with Crippen molar-refractivity contribution in [3.63, 3.8) is 0 Å². The van der Waals surface area contributed by atoms with E-state index in [1.807, 2.05) is 55.3 Å². The van der Waals surface area contributed by atoms with Crippen LogP contribution in [0.2, 0.25) is 5.02 Å². The molecule has 2 aromatic rings. The zero-order valence-corrected chi connectivity index (χ0v) is 13.7. The lowest BCUT2D eigenvalue weighted by Gasteiger charge is -2.06. The van der Waals surface area contributed by atoms with Crippen LogP contribution in [-0.4, -0.2) is 31.2 Å². The van der Waals surface area contributed by atoms with Crippen LogP contribution < -0.4 is 0 Å². The van der Waals surface area contributed by atoms with Crippen molar-refractivity contribution in [2.75, 3.05) is 13.6 Å². The highest BCUT2D eigenvalue weighted by Crippen LogP contribution is 2.21. The molecule has 0 aliphatic carbocycles. The van der Waals surface area contributed by atoms with Crippen LogP contribution in [0.15, 0.2) is 58.5 Å². The highest BCUT2D eigenvalue weighted by atomic mass is 35.5. The maximum atomic E-state index is 5.93. The molecular weight excluding hydrogens is 294 g/mol. The first kappa shape index (κ1) is 16.2. The van der Waals surface area contributed by atoms with Crippen molar-refractivity contribution in [2.45, 2.75) is 13.3 Å². The van der Waals surface area contributed by atoms with Crippen LogP contribution in [0.5, 0.6) is 0 Å². The van der Waals surface area contributed by atoms with Crippen molar-refractivity contribution >= 4 is 30.0 Å². The number of hydrogen-bond acceptors (Lipinski definition) is 2. The zero-order chi connectivity index (χ0) is 15.8. The van der Waals surface area contributed by atoms with Gasteiger partial charge in [0.1, 0.15) is 0 Å². The smallest absolute Gasteiger partial charge is 0.0961 e. The van der Waals surface area contributed by atoms with Crippen LogP contribution in [0.25, 0.3) is 0 Å². The monoisotopic (exact) mass is 313 g/mol. The minimum atomic E-state index is 0.729. The number of aryl methyl sites for hydroxylation is 1. The summed E-state index contributed by atoms with van der Waals surface area (Å²) >= 11 is 5.93. The maximum absolute atomic E-state index is 5.93. The van der Waals surface area contributed by atoms with E-state index in [4.69, 9.17) is 11.6 Å². The third-order valence-electron chi connectivity index (χ3n) is 3.17. The van der Waals surface area contributed by atoms with E-state index in [0.29, 0.717) is 0 Å².